The number of benzene rings is 3. The molecule has 0 unspecified atom stereocenters. The lowest BCUT2D eigenvalue weighted by atomic mass is 9.98. The van der Waals surface area contributed by atoms with Crippen LogP contribution in [0.5, 0.6) is 0 Å². The van der Waals surface area contributed by atoms with Crippen LogP contribution in [-0.2, 0) is 30.5 Å². The van der Waals surface area contributed by atoms with Crippen LogP contribution in [0.4, 0.5) is 31.4 Å². The minimum Gasteiger partial charge on any atom is -0.452 e. The van der Waals surface area contributed by atoms with Gasteiger partial charge in [0, 0.05) is 30.2 Å². The van der Waals surface area contributed by atoms with E-state index in [-0.39, 0.29) is 51.2 Å². The van der Waals surface area contributed by atoms with Crippen molar-refractivity contribution in [3.8, 4) is 0 Å². The molecule has 0 aliphatic rings. The molecule has 0 aliphatic carbocycles. The Labute approximate surface area is 346 Å². The summed E-state index contributed by atoms with van der Waals surface area (Å²) in [5.74, 6) is 0. The molecule has 0 aromatic heterocycles. The Morgan fingerprint density at radius 3 is 1.34 bits per heavy atom. The van der Waals surface area contributed by atoms with E-state index in [0.717, 1.165) is 22.3 Å². The van der Waals surface area contributed by atoms with Crippen LogP contribution in [0.15, 0.2) is 66.7 Å². The lowest BCUT2D eigenvalue weighted by Crippen LogP contribution is -2.50. The lowest BCUT2D eigenvalue weighted by Gasteiger charge is -2.32. The number of rotatable bonds is 21. The lowest BCUT2D eigenvalue weighted by molar-refractivity contribution is 0.167. The number of aliphatic hydroxyl groups excluding tert-OH is 4. The van der Waals surface area contributed by atoms with Gasteiger partial charge in [0.2, 0.25) is 16.6 Å². The van der Waals surface area contributed by atoms with Crippen molar-refractivity contribution in [3.05, 3.63) is 89.0 Å². The second kappa shape index (κ2) is 21.9. The molecule has 0 atom stereocenters. The molecular formula is C39H62N4O11Si4. The first-order valence-corrected chi connectivity index (χ1v) is 31.7. The molecular weight excluding hydrogens is 813 g/mol. The third kappa shape index (κ3) is 17.5. The summed E-state index contributed by atoms with van der Waals surface area (Å²) < 4.78 is 23.6. The molecule has 0 aliphatic heterocycles. The van der Waals surface area contributed by atoms with E-state index in [1.54, 1.807) is 12.1 Å². The first kappa shape index (κ1) is 48.5. The minimum atomic E-state index is -2.43. The van der Waals surface area contributed by atoms with Crippen LogP contribution >= 0.6 is 0 Å². The second-order valence-electron chi connectivity index (χ2n) is 16.6. The molecule has 0 heterocycles. The highest BCUT2D eigenvalue weighted by atomic mass is 28.4. The second-order valence-corrected chi connectivity index (χ2v) is 33.5. The van der Waals surface area contributed by atoms with E-state index in [4.69, 9.17) is 17.7 Å². The summed E-state index contributed by atoms with van der Waals surface area (Å²) >= 11 is 0. The fraction of sp³-hybridized carbons (Fsp3) is 0.462. The van der Waals surface area contributed by atoms with Crippen molar-refractivity contribution in [1.29, 1.82) is 0 Å². The number of nitrogens with one attached hydrogen (secondary N) is 3. The molecule has 320 valence electrons. The molecule has 0 saturated carbocycles. The summed E-state index contributed by atoms with van der Waals surface area (Å²) in [4.78, 5) is 40.1. The van der Waals surface area contributed by atoms with E-state index >= 15 is 0 Å². The van der Waals surface area contributed by atoms with Crippen LogP contribution < -0.4 is 16.0 Å². The van der Waals surface area contributed by atoms with E-state index in [0.29, 0.717) is 29.9 Å². The van der Waals surface area contributed by atoms with Gasteiger partial charge < -0.3 is 48.3 Å². The van der Waals surface area contributed by atoms with Crippen LogP contribution in [0.1, 0.15) is 22.3 Å². The summed E-state index contributed by atoms with van der Waals surface area (Å²) in [6.45, 7) is 15.1. The number of anilines is 3. The Kier molecular flexibility index (Phi) is 18.3. The van der Waals surface area contributed by atoms with E-state index < -0.39 is 51.5 Å². The average molecular weight is 875 g/mol. The number of hydrogen-bond acceptors (Lipinski definition) is 11. The number of hydrogen-bond donors (Lipinski definition) is 7. The van der Waals surface area contributed by atoms with E-state index in [9.17, 15) is 34.8 Å². The van der Waals surface area contributed by atoms with Gasteiger partial charge in [0.05, 0.1) is 25.7 Å². The number of aliphatic hydroxyl groups is 4. The van der Waals surface area contributed by atoms with Gasteiger partial charge in [-0.05, 0) is 124 Å². The maximum atomic E-state index is 13.1. The van der Waals surface area contributed by atoms with Gasteiger partial charge in [-0.25, -0.2) is 14.4 Å². The quantitative estimate of drug-likeness (QED) is 0.0639. The van der Waals surface area contributed by atoms with Crippen molar-refractivity contribution in [1.82, 2.24) is 4.90 Å². The first-order valence-electron chi connectivity index (χ1n) is 19.2. The van der Waals surface area contributed by atoms with Crippen molar-refractivity contribution in [3.63, 3.8) is 0 Å². The predicted octanol–water partition coefficient (Wildman–Crippen LogP) is 5.78. The Bertz CT molecular complexity index is 1830. The van der Waals surface area contributed by atoms with E-state index in [1.165, 1.54) is 4.90 Å². The number of carbonyl (C=O) groups excluding carboxylic acids is 3. The standard InChI is InChI=1S/C39H62N4O11Si4/c1-55(2,26-46)53-57(5,6)28-51-38(49)41-35-14-10-12-31(23-35)20-33-21-32(19-30-11-9-13-34(22-30)40-37(48)43(15-17-44)16-18-45)24-36(25-33)42-39(50)52-29-58(7,8)54-56(3,4)27-47/h9-14,21-25,44-47H,15-20,26-29H2,1-8H3,(H,40,48)(H,41,49)(H,42,50). The van der Waals surface area contributed by atoms with Crippen molar-refractivity contribution < 1.29 is 52.5 Å². The molecule has 7 N–H and O–H groups in total. The fourth-order valence-electron chi connectivity index (χ4n) is 6.19. The molecule has 3 aromatic carbocycles. The van der Waals surface area contributed by atoms with Gasteiger partial charge in [-0.15, -0.1) is 0 Å². The molecule has 15 nitrogen and oxygen atoms in total. The third-order valence-electron chi connectivity index (χ3n) is 8.46. The summed E-state index contributed by atoms with van der Waals surface area (Å²) in [5, 5.41) is 46.6. The molecule has 58 heavy (non-hydrogen) atoms. The van der Waals surface area contributed by atoms with E-state index in [2.05, 4.69) is 16.0 Å². The van der Waals surface area contributed by atoms with Crippen molar-refractivity contribution in [2.45, 2.75) is 65.2 Å². The first-order chi connectivity index (χ1) is 27.2. The summed E-state index contributed by atoms with van der Waals surface area (Å²) in [7, 11) is -9.34. The Morgan fingerprint density at radius 1 is 0.534 bits per heavy atom. The van der Waals surface area contributed by atoms with Crippen LogP contribution in [0, 0.1) is 0 Å². The highest BCUT2D eigenvalue weighted by molar-refractivity contribution is 6.85. The van der Waals surface area contributed by atoms with Crippen LogP contribution in [0.2, 0.25) is 52.4 Å². The predicted molar refractivity (Wildman–Crippen MR) is 236 cm³/mol. The molecule has 19 heteroatoms. The SMILES string of the molecule is C[Si](C)(CO)O[Si](C)(C)COC(=O)Nc1cccc(Cc2cc(Cc3cccc(NC(=O)N(CCO)CCO)c3)cc(NC(=O)OC[Si](C)(C)O[Si](C)(C)CO)c2)c1. The van der Waals surface area contributed by atoms with Crippen LogP contribution in [0.3, 0.4) is 0 Å². The van der Waals surface area contributed by atoms with Gasteiger partial charge in [-0.2, -0.15) is 0 Å². The molecule has 3 aromatic rings. The topological polar surface area (TPSA) is 208 Å². The molecule has 0 spiro atoms. The minimum absolute atomic E-state index is 0.0146. The zero-order valence-corrected chi connectivity index (χ0v) is 39.0. The summed E-state index contributed by atoms with van der Waals surface area (Å²) in [6.07, 6.45) is -0.157. The maximum Gasteiger partial charge on any atom is 0.411 e. The van der Waals surface area contributed by atoms with Gasteiger partial charge in [-0.3, -0.25) is 10.6 Å². The number of carbonyl (C=O) groups is 3. The summed E-state index contributed by atoms with van der Waals surface area (Å²) in [5.41, 5.74) is 5.10. The van der Waals surface area contributed by atoms with Gasteiger partial charge in [0.15, 0.2) is 16.6 Å². The maximum absolute atomic E-state index is 13.1. The highest BCUT2D eigenvalue weighted by Crippen LogP contribution is 2.24. The zero-order chi connectivity index (χ0) is 43.1. The molecule has 0 saturated heterocycles. The number of urea groups is 1. The number of ether oxygens (including phenoxy) is 2. The Balaban J connectivity index is 1.83. The normalized spacial score (nSPS) is 12.1. The fourth-order valence-corrected chi connectivity index (χ4v) is 20.1. The molecule has 0 radical (unpaired) electrons. The third-order valence-corrected chi connectivity index (χ3v) is 20.5. The largest absolute Gasteiger partial charge is 0.452 e. The number of nitrogens with zero attached hydrogens (tertiary/aromatic N) is 1. The average Bonchev–Trinajstić information content (AvgIpc) is 3.12. The van der Waals surface area contributed by atoms with Crippen molar-refractivity contribution in [2.75, 3.05) is 67.2 Å². The van der Waals surface area contributed by atoms with Crippen molar-refractivity contribution in [2.24, 2.45) is 0 Å². The monoisotopic (exact) mass is 874 g/mol. The Morgan fingerprint density at radius 2 is 0.931 bits per heavy atom. The van der Waals surface area contributed by atoms with Gasteiger partial charge >= 0.3 is 18.2 Å². The van der Waals surface area contributed by atoms with Crippen molar-refractivity contribution >= 4 is 68.5 Å². The van der Waals surface area contributed by atoms with Gasteiger partial charge in [0.25, 0.3) is 0 Å². The highest BCUT2D eigenvalue weighted by Gasteiger charge is 2.35. The number of amides is 4. The van der Waals surface area contributed by atoms with E-state index in [1.807, 2.05) is 107 Å². The van der Waals surface area contributed by atoms with Crippen LogP contribution in [-0.4, -0.2) is 128 Å². The van der Waals surface area contributed by atoms with Gasteiger partial charge in [-0.1, -0.05) is 30.3 Å². The van der Waals surface area contributed by atoms with Gasteiger partial charge in [0.1, 0.15) is 12.5 Å². The smallest absolute Gasteiger partial charge is 0.411 e. The zero-order valence-electron chi connectivity index (χ0n) is 35.0. The molecule has 0 fully saturated rings. The summed E-state index contributed by atoms with van der Waals surface area (Å²) in [6, 6.07) is 20.0. The molecule has 3 rings (SSSR count). The molecule has 4 amide bonds. The van der Waals surface area contributed by atoms with Crippen LogP contribution in [0.25, 0.3) is 0 Å². The Hall–Kier alpha value is -3.90. The molecule has 0 bridgehead atoms.